The summed E-state index contributed by atoms with van der Waals surface area (Å²) < 4.78 is 0. The van der Waals surface area contributed by atoms with Gasteiger partial charge in [-0.25, -0.2) is 0 Å². The smallest absolute Gasteiger partial charge is 0.303 e. The largest absolute Gasteiger partial charge is 0.481 e. The average Bonchev–Trinajstić information content (AvgIpc) is 2.34. The lowest BCUT2D eigenvalue weighted by molar-refractivity contribution is -0.141. The van der Waals surface area contributed by atoms with Gasteiger partial charge in [0.1, 0.15) is 0 Å². The van der Waals surface area contributed by atoms with Crippen molar-refractivity contribution >= 4 is 11.9 Å². The molecule has 0 saturated carbocycles. The topological polar surface area (TPSA) is 86.6 Å². The normalized spacial score (nSPS) is 27.4. The fourth-order valence-electron chi connectivity index (χ4n) is 1.71. The summed E-state index contributed by atoms with van der Waals surface area (Å²) in [4.78, 5) is 20.8. The second kappa shape index (κ2) is 4.23. The molecule has 5 nitrogen and oxygen atoms in total. The maximum Gasteiger partial charge on any atom is 0.303 e. The van der Waals surface area contributed by atoms with Gasteiger partial charge in [0.25, 0.3) is 0 Å². The maximum atomic E-state index is 10.4. The SMILES string of the molecule is O=C(O)C[C@@H]1CNC[C@H]1CC(=O)O. The molecule has 1 rings (SSSR count). The minimum atomic E-state index is -0.857. The first kappa shape index (κ1) is 9.98. The predicted molar refractivity (Wildman–Crippen MR) is 44.4 cm³/mol. The van der Waals surface area contributed by atoms with Crippen molar-refractivity contribution in [2.45, 2.75) is 12.8 Å². The Morgan fingerprint density at radius 1 is 1.08 bits per heavy atom. The highest BCUT2D eigenvalue weighted by Gasteiger charge is 2.30. The van der Waals surface area contributed by atoms with Crippen LogP contribution in [0.1, 0.15) is 12.8 Å². The molecule has 74 valence electrons. The minimum Gasteiger partial charge on any atom is -0.481 e. The highest BCUT2D eigenvalue weighted by atomic mass is 16.4. The molecule has 1 saturated heterocycles. The lowest BCUT2D eigenvalue weighted by Crippen LogP contribution is -2.19. The van der Waals surface area contributed by atoms with Crippen molar-refractivity contribution < 1.29 is 19.8 Å². The molecule has 3 N–H and O–H groups in total. The fourth-order valence-corrected chi connectivity index (χ4v) is 1.71. The van der Waals surface area contributed by atoms with Gasteiger partial charge >= 0.3 is 11.9 Å². The average molecular weight is 187 g/mol. The summed E-state index contributed by atoms with van der Waals surface area (Å²) >= 11 is 0. The van der Waals surface area contributed by atoms with Gasteiger partial charge in [-0.3, -0.25) is 9.59 Å². The molecule has 0 spiro atoms. The van der Waals surface area contributed by atoms with E-state index < -0.39 is 11.9 Å². The Bertz CT molecular complexity index is 194. The summed E-state index contributed by atoms with van der Waals surface area (Å²) in [5, 5.41) is 20.1. The number of rotatable bonds is 4. The number of hydrogen-bond donors (Lipinski definition) is 3. The van der Waals surface area contributed by atoms with Crippen molar-refractivity contribution in [2.24, 2.45) is 11.8 Å². The number of hydrogen-bond acceptors (Lipinski definition) is 3. The molecule has 13 heavy (non-hydrogen) atoms. The van der Waals surface area contributed by atoms with Crippen LogP contribution in [0.5, 0.6) is 0 Å². The molecule has 2 atom stereocenters. The third-order valence-corrected chi connectivity index (χ3v) is 2.35. The molecule has 0 radical (unpaired) electrons. The lowest BCUT2D eigenvalue weighted by Gasteiger charge is -2.13. The first-order chi connectivity index (χ1) is 6.09. The van der Waals surface area contributed by atoms with Crippen molar-refractivity contribution in [1.29, 1.82) is 0 Å². The molecule has 1 heterocycles. The molecule has 0 aliphatic carbocycles. The van der Waals surface area contributed by atoms with Gasteiger partial charge in [-0.1, -0.05) is 0 Å². The molecule has 1 aliphatic rings. The third kappa shape index (κ3) is 3.02. The monoisotopic (exact) mass is 187 g/mol. The molecule has 0 unspecified atom stereocenters. The fraction of sp³-hybridized carbons (Fsp3) is 0.750. The van der Waals surface area contributed by atoms with Crippen molar-refractivity contribution in [3.8, 4) is 0 Å². The van der Waals surface area contributed by atoms with Crippen molar-refractivity contribution in [3.05, 3.63) is 0 Å². The first-order valence-electron chi connectivity index (χ1n) is 4.24. The number of carbonyl (C=O) groups is 2. The van der Waals surface area contributed by atoms with Crippen molar-refractivity contribution in [3.63, 3.8) is 0 Å². The summed E-state index contributed by atoms with van der Waals surface area (Å²) in [7, 11) is 0. The molecule has 1 fully saturated rings. The van der Waals surface area contributed by atoms with E-state index in [9.17, 15) is 9.59 Å². The summed E-state index contributed by atoms with van der Waals surface area (Å²) in [6.45, 7) is 1.23. The standard InChI is InChI=1S/C8H13NO4/c10-7(11)1-5-3-9-4-6(5)2-8(12)13/h5-6,9H,1-4H2,(H,10,11)(H,12,13)/t5-,6-/m1/s1. The van der Waals surface area contributed by atoms with Crippen LogP contribution in [0.25, 0.3) is 0 Å². The van der Waals surface area contributed by atoms with E-state index in [1.165, 1.54) is 0 Å². The Kier molecular flexibility index (Phi) is 3.25. The van der Waals surface area contributed by atoms with Gasteiger partial charge in [-0.05, 0) is 24.9 Å². The third-order valence-electron chi connectivity index (χ3n) is 2.35. The van der Waals surface area contributed by atoms with Gasteiger partial charge in [0.2, 0.25) is 0 Å². The van der Waals surface area contributed by atoms with Gasteiger partial charge in [0, 0.05) is 12.8 Å². The van der Waals surface area contributed by atoms with Crippen LogP contribution in [0.15, 0.2) is 0 Å². The minimum absolute atomic E-state index is 0.0337. The highest BCUT2D eigenvalue weighted by molar-refractivity contribution is 5.69. The summed E-state index contributed by atoms with van der Waals surface area (Å²) in [6.07, 6.45) is 0.121. The van der Waals surface area contributed by atoms with Gasteiger partial charge in [0.15, 0.2) is 0 Å². The molecule has 1 aliphatic heterocycles. The summed E-state index contributed by atoms with van der Waals surface area (Å²) in [5.41, 5.74) is 0. The second-order valence-electron chi connectivity index (χ2n) is 3.37. The quantitative estimate of drug-likeness (QED) is 0.566. The highest BCUT2D eigenvalue weighted by Crippen LogP contribution is 2.23. The van der Waals surface area contributed by atoms with Crippen molar-refractivity contribution in [2.75, 3.05) is 13.1 Å². The van der Waals surface area contributed by atoms with E-state index >= 15 is 0 Å². The summed E-state index contributed by atoms with van der Waals surface area (Å²) in [5.74, 6) is -1.78. The maximum absolute atomic E-state index is 10.4. The zero-order valence-electron chi connectivity index (χ0n) is 7.19. The number of carboxylic acids is 2. The predicted octanol–water partition coefficient (Wildman–Crippen LogP) is -0.229. The molecule has 0 bridgehead atoms. The zero-order valence-corrected chi connectivity index (χ0v) is 7.19. The number of nitrogens with one attached hydrogen (secondary N) is 1. The Hall–Kier alpha value is -1.10. The van der Waals surface area contributed by atoms with E-state index in [-0.39, 0.29) is 24.7 Å². The molecule has 0 amide bonds. The Balaban J connectivity index is 2.43. The molecular formula is C8H13NO4. The van der Waals surface area contributed by atoms with E-state index in [1.807, 2.05) is 0 Å². The number of aliphatic carboxylic acids is 2. The number of carboxylic acid groups (broad SMARTS) is 2. The Labute approximate surface area is 75.7 Å². The Morgan fingerprint density at radius 2 is 1.46 bits per heavy atom. The van der Waals surface area contributed by atoms with Gasteiger partial charge in [0.05, 0.1) is 0 Å². The van der Waals surface area contributed by atoms with Gasteiger partial charge in [-0.15, -0.1) is 0 Å². The van der Waals surface area contributed by atoms with E-state index in [0.29, 0.717) is 13.1 Å². The van der Waals surface area contributed by atoms with E-state index in [4.69, 9.17) is 10.2 Å². The molecular weight excluding hydrogens is 174 g/mol. The van der Waals surface area contributed by atoms with E-state index in [0.717, 1.165) is 0 Å². The molecule has 0 aromatic heterocycles. The van der Waals surface area contributed by atoms with Crippen LogP contribution in [-0.2, 0) is 9.59 Å². The van der Waals surface area contributed by atoms with Crippen LogP contribution in [0.3, 0.4) is 0 Å². The lowest BCUT2D eigenvalue weighted by atomic mass is 9.90. The molecule has 5 heteroatoms. The van der Waals surface area contributed by atoms with E-state index in [1.54, 1.807) is 0 Å². The van der Waals surface area contributed by atoms with Crippen LogP contribution in [-0.4, -0.2) is 35.2 Å². The second-order valence-corrected chi connectivity index (χ2v) is 3.37. The van der Waals surface area contributed by atoms with Crippen LogP contribution >= 0.6 is 0 Å². The Morgan fingerprint density at radius 3 is 1.77 bits per heavy atom. The van der Waals surface area contributed by atoms with Crippen LogP contribution in [0.2, 0.25) is 0 Å². The van der Waals surface area contributed by atoms with Gasteiger partial charge < -0.3 is 15.5 Å². The van der Waals surface area contributed by atoms with Crippen LogP contribution in [0, 0.1) is 11.8 Å². The zero-order chi connectivity index (χ0) is 9.84. The van der Waals surface area contributed by atoms with E-state index in [2.05, 4.69) is 5.32 Å². The summed E-state index contributed by atoms with van der Waals surface area (Å²) in [6, 6.07) is 0. The van der Waals surface area contributed by atoms with Gasteiger partial charge in [-0.2, -0.15) is 0 Å². The van der Waals surface area contributed by atoms with Crippen molar-refractivity contribution in [1.82, 2.24) is 5.32 Å². The van der Waals surface area contributed by atoms with Crippen LogP contribution in [0.4, 0.5) is 0 Å². The molecule has 0 aromatic rings. The van der Waals surface area contributed by atoms with Crippen LogP contribution < -0.4 is 5.32 Å². The molecule has 0 aromatic carbocycles. The first-order valence-corrected chi connectivity index (χ1v) is 4.24.